The number of hydrogen-bond donors (Lipinski definition) is 1. The molecule has 0 spiro atoms. The van der Waals surface area contributed by atoms with E-state index in [2.05, 4.69) is 26.1 Å². The first-order valence-electron chi connectivity index (χ1n) is 6.83. The van der Waals surface area contributed by atoms with Crippen molar-refractivity contribution in [1.82, 2.24) is 10.2 Å². The zero-order chi connectivity index (χ0) is 14.5. The first-order valence-corrected chi connectivity index (χ1v) is 7.62. The van der Waals surface area contributed by atoms with E-state index in [9.17, 15) is 9.59 Å². The normalized spacial score (nSPS) is 16.9. The van der Waals surface area contributed by atoms with Crippen molar-refractivity contribution in [3.63, 3.8) is 0 Å². The number of benzene rings is 1. The molecular weight excluding hydrogens is 320 g/mol. The fourth-order valence-corrected chi connectivity index (χ4v) is 2.91. The number of rotatable bonds is 4. The molecule has 1 aliphatic heterocycles. The number of ketones is 1. The van der Waals surface area contributed by atoms with Gasteiger partial charge in [-0.1, -0.05) is 28.1 Å². The topological polar surface area (TPSA) is 49.4 Å². The van der Waals surface area contributed by atoms with Crippen LogP contribution in [0.25, 0.3) is 0 Å². The largest absolute Gasteiger partial charge is 0.359 e. The summed E-state index contributed by atoms with van der Waals surface area (Å²) in [6, 6.07) is 7.46. The lowest BCUT2D eigenvalue weighted by atomic mass is 9.95. The molecular formula is C15H19BrN2O2. The van der Waals surface area contributed by atoms with Crippen LogP contribution >= 0.6 is 15.9 Å². The molecule has 0 aliphatic carbocycles. The summed E-state index contributed by atoms with van der Waals surface area (Å²) in [6.45, 7) is 2.03. The number of likely N-dealkylation sites (tertiary alicyclic amines) is 1. The van der Waals surface area contributed by atoms with Crippen LogP contribution in [0.1, 0.15) is 23.2 Å². The van der Waals surface area contributed by atoms with Crippen LogP contribution in [0.15, 0.2) is 28.7 Å². The van der Waals surface area contributed by atoms with Crippen molar-refractivity contribution in [2.24, 2.45) is 5.92 Å². The highest BCUT2D eigenvalue weighted by Crippen LogP contribution is 2.18. The van der Waals surface area contributed by atoms with Crippen molar-refractivity contribution in [3.05, 3.63) is 34.3 Å². The van der Waals surface area contributed by atoms with Crippen molar-refractivity contribution < 1.29 is 9.59 Å². The van der Waals surface area contributed by atoms with Crippen LogP contribution in [0.2, 0.25) is 0 Å². The smallest absolute Gasteiger partial charge is 0.222 e. The van der Waals surface area contributed by atoms with Gasteiger partial charge >= 0.3 is 0 Å². The van der Waals surface area contributed by atoms with E-state index >= 15 is 0 Å². The average Bonchev–Trinajstić information content (AvgIpc) is 2.47. The molecule has 0 unspecified atom stereocenters. The fourth-order valence-electron chi connectivity index (χ4n) is 2.51. The summed E-state index contributed by atoms with van der Waals surface area (Å²) in [4.78, 5) is 25.9. The van der Waals surface area contributed by atoms with Crippen molar-refractivity contribution >= 4 is 27.6 Å². The lowest BCUT2D eigenvalue weighted by molar-refractivity contribution is -0.125. The number of piperidine rings is 1. The maximum atomic E-state index is 12.2. The van der Waals surface area contributed by atoms with E-state index in [-0.39, 0.29) is 17.6 Å². The molecule has 1 fully saturated rings. The molecule has 1 saturated heterocycles. The third kappa shape index (κ3) is 3.90. The lowest BCUT2D eigenvalue weighted by Gasteiger charge is -2.30. The number of amides is 1. The predicted octanol–water partition coefficient (Wildman–Crippen LogP) is 2.09. The molecule has 1 amide bonds. The summed E-state index contributed by atoms with van der Waals surface area (Å²) < 4.78 is 0.918. The summed E-state index contributed by atoms with van der Waals surface area (Å²) >= 11 is 3.38. The van der Waals surface area contributed by atoms with Gasteiger partial charge in [0.15, 0.2) is 5.78 Å². The zero-order valence-electron chi connectivity index (χ0n) is 11.6. The Morgan fingerprint density at radius 1 is 1.35 bits per heavy atom. The number of halogens is 1. The Morgan fingerprint density at radius 3 is 2.65 bits per heavy atom. The van der Waals surface area contributed by atoms with Gasteiger partial charge in [-0.05, 0) is 38.1 Å². The standard InChI is InChI=1S/C15H19BrN2O2/c1-17-15(20)11-5-7-18(8-6-11)10-14(19)12-3-2-4-13(16)9-12/h2-4,9,11H,5-8,10H2,1H3,(H,17,20). The molecule has 1 heterocycles. The summed E-state index contributed by atoms with van der Waals surface area (Å²) in [5, 5.41) is 2.69. The van der Waals surface area contributed by atoms with Crippen LogP contribution < -0.4 is 5.32 Å². The summed E-state index contributed by atoms with van der Waals surface area (Å²) in [5.74, 6) is 0.338. The second kappa shape index (κ2) is 6.99. The van der Waals surface area contributed by atoms with E-state index in [0.717, 1.165) is 36.0 Å². The van der Waals surface area contributed by atoms with Crippen molar-refractivity contribution in [2.75, 3.05) is 26.7 Å². The van der Waals surface area contributed by atoms with Crippen LogP contribution in [-0.4, -0.2) is 43.3 Å². The van der Waals surface area contributed by atoms with Gasteiger partial charge in [0, 0.05) is 23.0 Å². The Kier molecular flexibility index (Phi) is 5.31. The highest BCUT2D eigenvalue weighted by Gasteiger charge is 2.25. The average molecular weight is 339 g/mol. The van der Waals surface area contributed by atoms with Crippen LogP contribution in [-0.2, 0) is 4.79 Å². The van der Waals surface area contributed by atoms with Gasteiger partial charge in [0.05, 0.1) is 6.54 Å². The van der Waals surface area contributed by atoms with E-state index in [4.69, 9.17) is 0 Å². The van der Waals surface area contributed by atoms with Crippen LogP contribution in [0.4, 0.5) is 0 Å². The molecule has 2 rings (SSSR count). The molecule has 0 atom stereocenters. The molecule has 1 aliphatic rings. The maximum absolute atomic E-state index is 12.2. The van der Waals surface area contributed by atoms with E-state index < -0.39 is 0 Å². The highest BCUT2D eigenvalue weighted by atomic mass is 79.9. The third-order valence-electron chi connectivity index (χ3n) is 3.72. The SMILES string of the molecule is CNC(=O)C1CCN(CC(=O)c2cccc(Br)c2)CC1. The van der Waals surface area contributed by atoms with Gasteiger partial charge in [-0.2, -0.15) is 0 Å². The van der Waals surface area contributed by atoms with Gasteiger partial charge in [-0.15, -0.1) is 0 Å². The quantitative estimate of drug-likeness (QED) is 0.855. The Morgan fingerprint density at radius 2 is 2.05 bits per heavy atom. The summed E-state index contributed by atoms with van der Waals surface area (Å²) in [6.07, 6.45) is 1.65. The minimum Gasteiger partial charge on any atom is -0.359 e. The lowest BCUT2D eigenvalue weighted by Crippen LogP contribution is -2.41. The van der Waals surface area contributed by atoms with E-state index in [1.807, 2.05) is 24.3 Å². The molecule has 0 aromatic heterocycles. The van der Waals surface area contributed by atoms with E-state index in [0.29, 0.717) is 6.54 Å². The monoisotopic (exact) mass is 338 g/mol. The van der Waals surface area contributed by atoms with Gasteiger partial charge in [0.25, 0.3) is 0 Å². The molecule has 5 heteroatoms. The van der Waals surface area contributed by atoms with Gasteiger partial charge < -0.3 is 5.32 Å². The molecule has 4 nitrogen and oxygen atoms in total. The number of Topliss-reactive ketones (excluding diaryl/α,β-unsaturated/α-hetero) is 1. The minimum absolute atomic E-state index is 0.0946. The second-order valence-electron chi connectivity index (χ2n) is 5.10. The number of carbonyl (C=O) groups is 2. The first-order chi connectivity index (χ1) is 9.60. The molecule has 20 heavy (non-hydrogen) atoms. The molecule has 1 aromatic rings. The Bertz CT molecular complexity index is 496. The predicted molar refractivity (Wildman–Crippen MR) is 81.7 cm³/mol. The molecule has 1 N–H and O–H groups in total. The zero-order valence-corrected chi connectivity index (χ0v) is 13.1. The van der Waals surface area contributed by atoms with Crippen molar-refractivity contribution in [1.29, 1.82) is 0 Å². The van der Waals surface area contributed by atoms with E-state index in [1.54, 1.807) is 7.05 Å². The number of carbonyl (C=O) groups excluding carboxylic acids is 2. The third-order valence-corrected chi connectivity index (χ3v) is 4.21. The summed E-state index contributed by atoms with van der Waals surface area (Å²) in [7, 11) is 1.67. The minimum atomic E-state index is 0.0946. The van der Waals surface area contributed by atoms with Crippen molar-refractivity contribution in [3.8, 4) is 0 Å². The Balaban J connectivity index is 1.86. The molecule has 0 bridgehead atoms. The van der Waals surface area contributed by atoms with Crippen LogP contribution in [0.3, 0.4) is 0 Å². The molecule has 0 radical (unpaired) electrons. The maximum Gasteiger partial charge on any atom is 0.222 e. The summed E-state index contributed by atoms with van der Waals surface area (Å²) in [5.41, 5.74) is 0.729. The fraction of sp³-hybridized carbons (Fsp3) is 0.467. The van der Waals surface area contributed by atoms with Crippen LogP contribution in [0.5, 0.6) is 0 Å². The molecule has 0 saturated carbocycles. The van der Waals surface area contributed by atoms with Gasteiger partial charge in [-0.3, -0.25) is 14.5 Å². The molecule has 108 valence electrons. The number of hydrogen-bond acceptors (Lipinski definition) is 3. The van der Waals surface area contributed by atoms with Crippen molar-refractivity contribution in [2.45, 2.75) is 12.8 Å². The van der Waals surface area contributed by atoms with Gasteiger partial charge in [-0.25, -0.2) is 0 Å². The van der Waals surface area contributed by atoms with E-state index in [1.165, 1.54) is 0 Å². The second-order valence-corrected chi connectivity index (χ2v) is 6.01. The highest BCUT2D eigenvalue weighted by molar-refractivity contribution is 9.10. The molecule has 1 aromatic carbocycles. The number of nitrogens with one attached hydrogen (secondary N) is 1. The van der Waals surface area contributed by atoms with Crippen LogP contribution in [0, 0.1) is 5.92 Å². The number of nitrogens with zero attached hydrogens (tertiary/aromatic N) is 1. The first kappa shape index (κ1) is 15.2. The van der Waals surface area contributed by atoms with Gasteiger partial charge in [0.2, 0.25) is 5.91 Å². The Labute approximate surface area is 127 Å². The van der Waals surface area contributed by atoms with Gasteiger partial charge in [0.1, 0.15) is 0 Å². The Hall–Kier alpha value is -1.20.